The Morgan fingerprint density at radius 1 is 0.957 bits per heavy atom. The van der Waals surface area contributed by atoms with Crippen LogP contribution in [0, 0.1) is 5.92 Å². The molecule has 23 heavy (non-hydrogen) atoms. The van der Waals surface area contributed by atoms with Gasteiger partial charge >= 0.3 is 6.03 Å². The third-order valence-corrected chi connectivity index (χ3v) is 5.17. The van der Waals surface area contributed by atoms with Gasteiger partial charge < -0.3 is 20.9 Å². The maximum Gasteiger partial charge on any atom is 0.317 e. The molecule has 0 spiro atoms. The number of nitrogens with zero attached hydrogens (tertiary/aromatic N) is 1. The molecule has 1 aliphatic carbocycles. The van der Waals surface area contributed by atoms with Gasteiger partial charge in [-0.1, -0.05) is 12.8 Å². The van der Waals surface area contributed by atoms with Crippen LogP contribution in [0.4, 0.5) is 4.79 Å². The fraction of sp³-hybridized carbons (Fsp3) is 0.875. The van der Waals surface area contributed by atoms with Gasteiger partial charge in [0.2, 0.25) is 5.91 Å². The second kappa shape index (κ2) is 8.73. The van der Waals surface area contributed by atoms with E-state index in [0.717, 1.165) is 51.7 Å². The molecular weight excluding hydrogens is 316 g/mol. The highest BCUT2D eigenvalue weighted by atomic mass is 35.5. The summed E-state index contributed by atoms with van der Waals surface area (Å²) in [4.78, 5) is 26.5. The first-order valence-corrected chi connectivity index (χ1v) is 8.79. The Bertz CT molecular complexity index is 373. The van der Waals surface area contributed by atoms with Gasteiger partial charge in [-0.3, -0.25) is 4.79 Å². The standard InChI is InChI=1S/C16H28N4O2.ClH/c21-15(18-14-7-8-17-10-14)12-4-3-9-20(11-12)16(22)19-13-5-1-2-6-13;/h12-14,17H,1-11H2,(H,18,21)(H,19,22);1H. The van der Waals surface area contributed by atoms with Crippen LogP contribution in [0.15, 0.2) is 0 Å². The number of urea groups is 1. The van der Waals surface area contributed by atoms with Gasteiger partial charge in [-0.05, 0) is 38.6 Å². The number of hydrogen-bond acceptors (Lipinski definition) is 3. The molecule has 3 amide bonds. The van der Waals surface area contributed by atoms with Crippen molar-refractivity contribution in [2.75, 3.05) is 26.2 Å². The summed E-state index contributed by atoms with van der Waals surface area (Å²) in [5.74, 6) is 0.0655. The molecule has 0 aromatic rings. The van der Waals surface area contributed by atoms with Crippen LogP contribution in [0.25, 0.3) is 0 Å². The highest BCUT2D eigenvalue weighted by Gasteiger charge is 2.31. The first kappa shape index (κ1) is 18.3. The number of amides is 3. The summed E-state index contributed by atoms with van der Waals surface area (Å²) in [5, 5.41) is 9.51. The van der Waals surface area contributed by atoms with Crippen molar-refractivity contribution >= 4 is 24.3 Å². The molecule has 0 radical (unpaired) electrons. The predicted octanol–water partition coefficient (Wildman–Crippen LogP) is 1.25. The summed E-state index contributed by atoms with van der Waals surface area (Å²) in [6.45, 7) is 3.17. The van der Waals surface area contributed by atoms with Crippen LogP contribution in [0.2, 0.25) is 0 Å². The summed E-state index contributed by atoms with van der Waals surface area (Å²) in [5.41, 5.74) is 0. The minimum Gasteiger partial charge on any atom is -0.352 e. The lowest BCUT2D eigenvalue weighted by Crippen LogP contribution is -2.51. The Labute approximate surface area is 144 Å². The van der Waals surface area contributed by atoms with E-state index in [-0.39, 0.29) is 36.3 Å². The number of piperidine rings is 1. The molecule has 0 aromatic heterocycles. The fourth-order valence-electron chi connectivity index (χ4n) is 3.81. The fourth-order valence-corrected chi connectivity index (χ4v) is 3.81. The number of rotatable bonds is 3. The molecule has 1 saturated carbocycles. The van der Waals surface area contributed by atoms with E-state index in [4.69, 9.17) is 0 Å². The van der Waals surface area contributed by atoms with Crippen LogP contribution in [0.3, 0.4) is 0 Å². The van der Waals surface area contributed by atoms with Crippen molar-refractivity contribution in [1.82, 2.24) is 20.9 Å². The van der Waals surface area contributed by atoms with Crippen molar-refractivity contribution in [3.8, 4) is 0 Å². The highest BCUT2D eigenvalue weighted by Crippen LogP contribution is 2.20. The van der Waals surface area contributed by atoms with E-state index in [0.29, 0.717) is 12.6 Å². The first-order valence-electron chi connectivity index (χ1n) is 8.79. The lowest BCUT2D eigenvalue weighted by Gasteiger charge is -2.33. The van der Waals surface area contributed by atoms with Gasteiger partial charge in [0.25, 0.3) is 0 Å². The van der Waals surface area contributed by atoms with Crippen LogP contribution in [-0.2, 0) is 4.79 Å². The number of hydrogen-bond donors (Lipinski definition) is 3. The van der Waals surface area contributed by atoms with E-state index >= 15 is 0 Å². The minimum absolute atomic E-state index is 0. The zero-order valence-electron chi connectivity index (χ0n) is 13.7. The molecule has 3 rings (SSSR count). The molecule has 3 aliphatic rings. The zero-order chi connectivity index (χ0) is 15.4. The smallest absolute Gasteiger partial charge is 0.317 e. The number of carbonyl (C=O) groups excluding carboxylic acids is 2. The Kier molecular flexibility index (Phi) is 6.96. The Hall–Kier alpha value is -1.01. The Morgan fingerprint density at radius 2 is 1.74 bits per heavy atom. The maximum atomic E-state index is 12.4. The first-order chi connectivity index (χ1) is 10.7. The normalized spacial score (nSPS) is 28.3. The summed E-state index contributed by atoms with van der Waals surface area (Å²) < 4.78 is 0. The molecule has 2 aliphatic heterocycles. The van der Waals surface area contributed by atoms with Crippen molar-refractivity contribution in [2.45, 2.75) is 57.0 Å². The molecule has 6 nitrogen and oxygen atoms in total. The van der Waals surface area contributed by atoms with E-state index in [1.807, 2.05) is 4.90 Å². The molecule has 3 fully saturated rings. The van der Waals surface area contributed by atoms with Crippen molar-refractivity contribution in [1.29, 1.82) is 0 Å². The van der Waals surface area contributed by atoms with Crippen molar-refractivity contribution in [3.63, 3.8) is 0 Å². The average Bonchev–Trinajstić information content (AvgIpc) is 3.21. The third kappa shape index (κ3) is 4.98. The molecule has 0 aromatic carbocycles. The van der Waals surface area contributed by atoms with Crippen molar-refractivity contribution in [3.05, 3.63) is 0 Å². The monoisotopic (exact) mass is 344 g/mol. The van der Waals surface area contributed by atoms with Gasteiger partial charge in [-0.2, -0.15) is 0 Å². The second-order valence-corrected chi connectivity index (χ2v) is 6.91. The number of likely N-dealkylation sites (tertiary alicyclic amines) is 1. The van der Waals surface area contributed by atoms with E-state index in [1.54, 1.807) is 0 Å². The molecule has 3 N–H and O–H groups in total. The second-order valence-electron chi connectivity index (χ2n) is 6.91. The molecule has 132 valence electrons. The highest BCUT2D eigenvalue weighted by molar-refractivity contribution is 5.85. The van der Waals surface area contributed by atoms with Gasteiger partial charge in [-0.15, -0.1) is 12.4 Å². The van der Waals surface area contributed by atoms with Crippen molar-refractivity contribution < 1.29 is 9.59 Å². The molecule has 0 bridgehead atoms. The SMILES string of the molecule is Cl.O=C(NC1CCNC1)C1CCCN(C(=O)NC2CCCC2)C1. The molecule has 2 heterocycles. The maximum absolute atomic E-state index is 12.4. The minimum atomic E-state index is -0.0521. The number of carbonyl (C=O) groups is 2. The van der Waals surface area contributed by atoms with Crippen LogP contribution in [0.1, 0.15) is 44.9 Å². The molecular formula is C16H29ClN4O2. The summed E-state index contributed by atoms with van der Waals surface area (Å²) in [7, 11) is 0. The zero-order valence-corrected chi connectivity index (χ0v) is 14.5. The van der Waals surface area contributed by atoms with Crippen LogP contribution < -0.4 is 16.0 Å². The van der Waals surface area contributed by atoms with Gasteiger partial charge in [0.15, 0.2) is 0 Å². The molecule has 2 saturated heterocycles. The van der Waals surface area contributed by atoms with E-state index in [2.05, 4.69) is 16.0 Å². The average molecular weight is 345 g/mol. The largest absolute Gasteiger partial charge is 0.352 e. The third-order valence-electron chi connectivity index (χ3n) is 5.17. The molecule has 7 heteroatoms. The van der Waals surface area contributed by atoms with Gasteiger partial charge in [0.05, 0.1) is 5.92 Å². The Morgan fingerprint density at radius 3 is 2.43 bits per heavy atom. The molecule has 2 unspecified atom stereocenters. The topological polar surface area (TPSA) is 73.5 Å². The summed E-state index contributed by atoms with van der Waals surface area (Å²) in [6.07, 6.45) is 7.43. The lowest BCUT2D eigenvalue weighted by atomic mass is 9.97. The summed E-state index contributed by atoms with van der Waals surface area (Å²) in [6, 6.07) is 0.619. The van der Waals surface area contributed by atoms with E-state index < -0.39 is 0 Å². The van der Waals surface area contributed by atoms with Crippen LogP contribution in [-0.4, -0.2) is 55.1 Å². The summed E-state index contributed by atoms with van der Waals surface area (Å²) >= 11 is 0. The van der Waals surface area contributed by atoms with Gasteiger partial charge in [-0.25, -0.2) is 4.79 Å². The van der Waals surface area contributed by atoms with E-state index in [1.165, 1.54) is 12.8 Å². The number of halogens is 1. The van der Waals surface area contributed by atoms with Crippen LogP contribution >= 0.6 is 12.4 Å². The number of nitrogens with one attached hydrogen (secondary N) is 3. The molecule has 2 atom stereocenters. The van der Waals surface area contributed by atoms with E-state index in [9.17, 15) is 9.59 Å². The Balaban J connectivity index is 0.00000192. The predicted molar refractivity (Wildman–Crippen MR) is 91.8 cm³/mol. The lowest BCUT2D eigenvalue weighted by molar-refractivity contribution is -0.126. The van der Waals surface area contributed by atoms with Gasteiger partial charge in [0, 0.05) is 31.7 Å². The van der Waals surface area contributed by atoms with Crippen molar-refractivity contribution in [2.24, 2.45) is 5.92 Å². The quantitative estimate of drug-likeness (QED) is 0.721. The van der Waals surface area contributed by atoms with Gasteiger partial charge in [0.1, 0.15) is 0 Å². The van der Waals surface area contributed by atoms with Crippen LogP contribution in [0.5, 0.6) is 0 Å².